The zero-order valence-corrected chi connectivity index (χ0v) is 18.7. The first kappa shape index (κ1) is 23.2. The van der Waals surface area contributed by atoms with Crippen LogP contribution in [0.4, 0.5) is 0 Å². The largest absolute Gasteiger partial charge is 0.468 e. The molecule has 0 aromatic heterocycles. The van der Waals surface area contributed by atoms with Gasteiger partial charge in [-0.05, 0) is 30.5 Å². The molecule has 1 aromatic carbocycles. The summed E-state index contributed by atoms with van der Waals surface area (Å²) in [6.07, 6.45) is 5.35. The van der Waals surface area contributed by atoms with Crippen LogP contribution in [0.3, 0.4) is 0 Å². The Balaban J connectivity index is 1.84. The molecule has 0 spiro atoms. The molecule has 1 aliphatic heterocycles. The molecule has 1 heterocycles. The van der Waals surface area contributed by atoms with Crippen molar-refractivity contribution in [3.05, 3.63) is 45.5 Å². The van der Waals surface area contributed by atoms with Crippen LogP contribution in [-0.2, 0) is 19.1 Å². The van der Waals surface area contributed by atoms with E-state index in [9.17, 15) is 19.6 Å². The molecule has 31 heavy (non-hydrogen) atoms. The number of nitrogens with one attached hydrogen (secondary N) is 2. The topological polar surface area (TPSA) is 108 Å². The van der Waals surface area contributed by atoms with Crippen LogP contribution in [0, 0.1) is 17.2 Å². The highest BCUT2D eigenvalue weighted by Crippen LogP contribution is 2.40. The Morgan fingerprint density at radius 3 is 2.55 bits per heavy atom. The molecule has 3 rings (SSSR count). The monoisotopic (exact) mass is 461 g/mol. The lowest BCUT2D eigenvalue weighted by Gasteiger charge is -2.31. The fourth-order valence-electron chi connectivity index (χ4n) is 4.00. The zero-order chi connectivity index (χ0) is 22.4. The normalized spacial score (nSPS) is 21.8. The number of allylic oxidation sites excluding steroid dienone is 1. The molecule has 2 aliphatic rings. The molecule has 2 N–H and O–H groups in total. The molecule has 9 heteroatoms. The van der Waals surface area contributed by atoms with Gasteiger partial charge in [-0.15, -0.1) is 0 Å². The van der Waals surface area contributed by atoms with Gasteiger partial charge in [-0.25, -0.2) is 0 Å². The van der Waals surface area contributed by atoms with E-state index in [1.54, 1.807) is 24.3 Å². The number of hydrogen-bond acceptors (Lipinski definition) is 6. The number of benzene rings is 1. The van der Waals surface area contributed by atoms with E-state index in [0.29, 0.717) is 10.6 Å². The van der Waals surface area contributed by atoms with Gasteiger partial charge in [0.15, 0.2) is 0 Å². The van der Waals surface area contributed by atoms with E-state index in [0.717, 1.165) is 37.4 Å². The molecule has 7 nitrogen and oxygen atoms in total. The molecular weight excluding hydrogens is 438 g/mol. The summed E-state index contributed by atoms with van der Waals surface area (Å²) in [6, 6.07) is 8.93. The third-order valence-electron chi connectivity index (χ3n) is 5.53. The van der Waals surface area contributed by atoms with E-state index in [1.807, 2.05) is 0 Å². The Bertz CT molecular complexity index is 920. The molecule has 0 radical (unpaired) electrons. The number of amides is 2. The predicted molar refractivity (Wildman–Crippen MR) is 118 cm³/mol. The van der Waals surface area contributed by atoms with Crippen LogP contribution in [0.15, 0.2) is 34.9 Å². The first-order chi connectivity index (χ1) is 14.9. The van der Waals surface area contributed by atoms with Crippen molar-refractivity contribution in [3.8, 4) is 6.07 Å². The van der Waals surface area contributed by atoms with Crippen LogP contribution in [0.25, 0.3) is 0 Å². The molecule has 0 saturated heterocycles. The van der Waals surface area contributed by atoms with E-state index in [2.05, 4.69) is 16.7 Å². The lowest BCUT2D eigenvalue weighted by molar-refractivity contribution is -0.150. The van der Waals surface area contributed by atoms with Crippen LogP contribution in [0.2, 0.25) is 5.02 Å². The van der Waals surface area contributed by atoms with E-state index in [4.69, 9.17) is 16.3 Å². The fraction of sp³-hybridized carbons (Fsp3) is 0.455. The first-order valence-corrected chi connectivity index (χ1v) is 11.5. The van der Waals surface area contributed by atoms with Gasteiger partial charge in [0.05, 0.1) is 29.5 Å². The molecule has 2 atom stereocenters. The van der Waals surface area contributed by atoms with Gasteiger partial charge >= 0.3 is 5.97 Å². The Morgan fingerprint density at radius 1 is 1.26 bits per heavy atom. The second kappa shape index (κ2) is 10.7. The number of ether oxygens (including phenoxy) is 1. The average molecular weight is 462 g/mol. The number of carbonyl (C=O) groups excluding carboxylic acids is 3. The second-order valence-corrected chi connectivity index (χ2v) is 8.99. The van der Waals surface area contributed by atoms with Gasteiger partial charge in [-0.1, -0.05) is 54.8 Å². The summed E-state index contributed by atoms with van der Waals surface area (Å²) in [5.41, 5.74) is 0.809. The van der Waals surface area contributed by atoms with Crippen molar-refractivity contribution in [1.82, 2.24) is 10.6 Å². The molecule has 164 valence electrons. The number of halogens is 1. The number of rotatable bonds is 6. The Kier molecular flexibility index (Phi) is 7.99. The molecule has 1 aliphatic carbocycles. The van der Waals surface area contributed by atoms with Crippen molar-refractivity contribution in [2.45, 2.75) is 44.1 Å². The standard InChI is InChI=1S/C22H24ClN3O4S/c1-30-22(29)19-18(13-7-9-14(23)10-8-13)16(11-24)21(26-20(19)28)31-12-17(27)25-15-5-3-2-4-6-15/h7-10,15,18-19H,2-6,12H2,1H3,(H,25,27)(H,26,28)/t18-,19+/m1/s1. The fourth-order valence-corrected chi connectivity index (χ4v) is 4.99. The van der Waals surface area contributed by atoms with Gasteiger partial charge in [0.25, 0.3) is 0 Å². The minimum absolute atomic E-state index is 0.0630. The van der Waals surface area contributed by atoms with Crippen LogP contribution >= 0.6 is 23.4 Å². The van der Waals surface area contributed by atoms with Gasteiger partial charge in [0.2, 0.25) is 11.8 Å². The number of nitriles is 1. The second-order valence-electron chi connectivity index (χ2n) is 7.57. The minimum Gasteiger partial charge on any atom is -0.468 e. The molecular formula is C22H24ClN3O4S. The molecule has 1 fully saturated rings. The van der Waals surface area contributed by atoms with Gasteiger partial charge in [0, 0.05) is 17.0 Å². The van der Waals surface area contributed by atoms with Crippen molar-refractivity contribution in [1.29, 1.82) is 5.26 Å². The van der Waals surface area contributed by atoms with Crippen molar-refractivity contribution in [2.75, 3.05) is 12.9 Å². The van der Waals surface area contributed by atoms with Crippen molar-refractivity contribution in [3.63, 3.8) is 0 Å². The number of nitrogens with zero attached hydrogens (tertiary/aromatic N) is 1. The number of hydrogen-bond donors (Lipinski definition) is 2. The Hall–Kier alpha value is -2.50. The lowest BCUT2D eigenvalue weighted by atomic mass is 9.78. The summed E-state index contributed by atoms with van der Waals surface area (Å²) in [7, 11) is 1.20. The van der Waals surface area contributed by atoms with E-state index >= 15 is 0 Å². The number of thioether (sulfide) groups is 1. The SMILES string of the molecule is COC(=O)[C@@H]1C(=O)NC(SCC(=O)NC2CCCCC2)=C(C#N)[C@H]1c1ccc(Cl)cc1. The molecule has 1 saturated carbocycles. The highest BCUT2D eigenvalue weighted by Gasteiger charge is 2.44. The summed E-state index contributed by atoms with van der Waals surface area (Å²) in [5, 5.41) is 16.3. The van der Waals surface area contributed by atoms with Crippen molar-refractivity contribution < 1.29 is 19.1 Å². The Morgan fingerprint density at radius 2 is 1.94 bits per heavy atom. The lowest BCUT2D eigenvalue weighted by Crippen LogP contribution is -2.44. The zero-order valence-electron chi connectivity index (χ0n) is 17.2. The summed E-state index contributed by atoms with van der Waals surface area (Å²) in [4.78, 5) is 37.6. The third-order valence-corrected chi connectivity index (χ3v) is 6.80. The van der Waals surface area contributed by atoms with Crippen LogP contribution in [-0.4, -0.2) is 36.7 Å². The average Bonchev–Trinajstić information content (AvgIpc) is 2.78. The number of esters is 1. The van der Waals surface area contributed by atoms with Gasteiger partial charge in [-0.3, -0.25) is 14.4 Å². The first-order valence-electron chi connectivity index (χ1n) is 10.1. The van der Waals surface area contributed by atoms with Gasteiger partial charge < -0.3 is 15.4 Å². The van der Waals surface area contributed by atoms with Crippen LogP contribution in [0.5, 0.6) is 0 Å². The highest BCUT2D eigenvalue weighted by atomic mass is 35.5. The maximum absolute atomic E-state index is 12.8. The van der Waals surface area contributed by atoms with E-state index in [1.165, 1.54) is 13.5 Å². The molecule has 0 bridgehead atoms. The maximum Gasteiger partial charge on any atom is 0.319 e. The molecule has 2 amide bonds. The number of carbonyl (C=O) groups is 3. The van der Waals surface area contributed by atoms with E-state index in [-0.39, 0.29) is 28.3 Å². The Labute approximate surface area is 190 Å². The number of methoxy groups -OCH3 is 1. The third kappa shape index (κ3) is 5.60. The summed E-state index contributed by atoms with van der Waals surface area (Å²) in [6.45, 7) is 0. The van der Waals surface area contributed by atoms with E-state index < -0.39 is 23.7 Å². The molecule has 0 unspecified atom stereocenters. The van der Waals surface area contributed by atoms with Crippen molar-refractivity contribution in [2.24, 2.45) is 5.92 Å². The molecule has 1 aromatic rings. The summed E-state index contributed by atoms with van der Waals surface area (Å²) < 4.78 is 4.82. The van der Waals surface area contributed by atoms with Crippen LogP contribution in [0.1, 0.15) is 43.6 Å². The minimum atomic E-state index is -1.21. The quantitative estimate of drug-likeness (QED) is 0.497. The predicted octanol–water partition coefficient (Wildman–Crippen LogP) is 3.26. The highest BCUT2D eigenvalue weighted by molar-refractivity contribution is 8.03. The van der Waals surface area contributed by atoms with Gasteiger partial charge in [-0.2, -0.15) is 5.26 Å². The van der Waals surface area contributed by atoms with Crippen molar-refractivity contribution >= 4 is 41.1 Å². The maximum atomic E-state index is 12.8. The summed E-state index contributed by atoms with van der Waals surface area (Å²) >= 11 is 7.06. The van der Waals surface area contributed by atoms with Crippen LogP contribution < -0.4 is 10.6 Å². The smallest absolute Gasteiger partial charge is 0.319 e. The summed E-state index contributed by atoms with van der Waals surface area (Å²) in [5.74, 6) is -3.42. The van der Waals surface area contributed by atoms with Gasteiger partial charge in [0.1, 0.15) is 5.92 Å².